The summed E-state index contributed by atoms with van der Waals surface area (Å²) in [6.45, 7) is -0.0141. The third kappa shape index (κ3) is 3.54. The van der Waals surface area contributed by atoms with E-state index in [1.54, 1.807) is 36.1 Å². The first-order chi connectivity index (χ1) is 13.7. The minimum absolute atomic E-state index is 0.0141. The van der Waals surface area contributed by atoms with Crippen molar-refractivity contribution in [3.05, 3.63) is 48.5 Å². The largest absolute Gasteiger partial charge is 0.497 e. The second-order valence-corrected chi connectivity index (χ2v) is 6.85. The minimum atomic E-state index is -0.222. The lowest BCUT2D eigenvalue weighted by Gasteiger charge is -2.28. The average Bonchev–Trinajstić information content (AvgIpc) is 3.20. The number of nitrogens with one attached hydrogen (secondary N) is 1. The quantitative estimate of drug-likeness (QED) is 0.656. The Hall–Kier alpha value is -3.40. The Labute approximate surface area is 164 Å². The molecule has 0 fully saturated rings. The van der Waals surface area contributed by atoms with Crippen molar-refractivity contribution in [2.24, 2.45) is 0 Å². The number of hydrogen-bond acceptors (Lipinski definition) is 7. The lowest BCUT2D eigenvalue weighted by atomic mass is 10.2. The number of carbonyl (C=O) groups excluding carboxylic acids is 2. The van der Waals surface area contributed by atoms with Crippen LogP contribution in [0.2, 0.25) is 0 Å². The summed E-state index contributed by atoms with van der Waals surface area (Å²) < 4.78 is 6.70. The molecule has 2 heterocycles. The van der Waals surface area contributed by atoms with Gasteiger partial charge >= 0.3 is 0 Å². The Bertz CT molecular complexity index is 1020. The number of rotatable bonds is 5. The molecule has 142 valence electrons. The summed E-state index contributed by atoms with van der Waals surface area (Å²) in [6.07, 6.45) is 0. The Balaban J connectivity index is 1.49. The Morgan fingerprint density at radius 3 is 2.79 bits per heavy atom. The van der Waals surface area contributed by atoms with Crippen molar-refractivity contribution in [3.8, 4) is 11.4 Å². The monoisotopic (exact) mass is 396 g/mol. The van der Waals surface area contributed by atoms with E-state index in [0.29, 0.717) is 16.5 Å². The molecule has 4 rings (SSSR count). The van der Waals surface area contributed by atoms with Crippen LogP contribution >= 0.6 is 11.8 Å². The summed E-state index contributed by atoms with van der Waals surface area (Å²) >= 11 is 1.21. The third-order valence-electron chi connectivity index (χ3n) is 4.15. The van der Waals surface area contributed by atoms with Crippen molar-refractivity contribution < 1.29 is 14.3 Å². The highest BCUT2D eigenvalue weighted by molar-refractivity contribution is 7.99. The predicted molar refractivity (Wildman–Crippen MR) is 104 cm³/mol. The molecule has 10 heteroatoms. The maximum absolute atomic E-state index is 12.8. The zero-order chi connectivity index (χ0) is 19.5. The first-order valence-corrected chi connectivity index (χ1v) is 9.39. The van der Waals surface area contributed by atoms with E-state index < -0.39 is 0 Å². The number of para-hydroxylation sites is 2. The highest BCUT2D eigenvalue weighted by Gasteiger charge is 2.27. The fraction of sp³-hybridized carbons (Fsp3) is 0.167. The van der Waals surface area contributed by atoms with E-state index in [1.165, 1.54) is 16.7 Å². The fourth-order valence-corrected chi connectivity index (χ4v) is 3.58. The topological polar surface area (TPSA) is 102 Å². The number of tetrazole rings is 1. The molecular formula is C18H16N6O3S. The molecule has 0 saturated carbocycles. The van der Waals surface area contributed by atoms with Gasteiger partial charge in [-0.1, -0.05) is 23.9 Å². The second-order valence-electron chi connectivity index (χ2n) is 5.91. The van der Waals surface area contributed by atoms with Crippen LogP contribution in [0, 0.1) is 0 Å². The number of anilines is 2. The molecule has 2 aromatic carbocycles. The van der Waals surface area contributed by atoms with Crippen molar-refractivity contribution in [2.45, 2.75) is 5.16 Å². The van der Waals surface area contributed by atoms with Crippen LogP contribution in [0.25, 0.3) is 5.69 Å². The van der Waals surface area contributed by atoms with Crippen molar-refractivity contribution in [3.63, 3.8) is 0 Å². The molecular weight excluding hydrogens is 380 g/mol. The fourth-order valence-electron chi connectivity index (χ4n) is 2.81. The van der Waals surface area contributed by atoms with Gasteiger partial charge in [0.2, 0.25) is 17.0 Å². The second kappa shape index (κ2) is 7.69. The molecule has 0 unspecified atom stereocenters. The number of methoxy groups -OCH3 is 1. The molecule has 9 nitrogen and oxygen atoms in total. The summed E-state index contributed by atoms with van der Waals surface area (Å²) in [5.41, 5.74) is 2.06. The molecule has 0 bridgehead atoms. The van der Waals surface area contributed by atoms with Crippen LogP contribution in [-0.4, -0.2) is 51.4 Å². The van der Waals surface area contributed by atoms with E-state index in [-0.39, 0.29) is 24.1 Å². The molecule has 0 atom stereocenters. The molecule has 0 radical (unpaired) electrons. The number of amides is 2. The molecule has 0 aliphatic carbocycles. The number of hydrogen-bond donors (Lipinski definition) is 1. The van der Waals surface area contributed by atoms with Gasteiger partial charge in [-0.2, -0.15) is 4.68 Å². The number of thioether (sulfide) groups is 1. The van der Waals surface area contributed by atoms with E-state index in [1.807, 2.05) is 24.3 Å². The van der Waals surface area contributed by atoms with Gasteiger partial charge in [0.25, 0.3) is 0 Å². The highest BCUT2D eigenvalue weighted by atomic mass is 32.2. The summed E-state index contributed by atoms with van der Waals surface area (Å²) in [4.78, 5) is 26.1. The van der Waals surface area contributed by atoms with E-state index >= 15 is 0 Å². The molecule has 1 aliphatic rings. The van der Waals surface area contributed by atoms with Crippen molar-refractivity contribution in [1.82, 2.24) is 20.2 Å². The molecule has 0 spiro atoms. The smallest absolute Gasteiger partial charge is 0.244 e. The molecule has 1 aliphatic heterocycles. The van der Waals surface area contributed by atoms with Gasteiger partial charge in [0, 0.05) is 0 Å². The average molecular weight is 396 g/mol. The van der Waals surface area contributed by atoms with Gasteiger partial charge in [-0.3, -0.25) is 9.59 Å². The standard InChI is InChI=1S/C18H16N6O3S/c1-27-13-8-6-12(7-9-13)24-18(20-21-22-24)28-11-17(26)23-10-16(25)19-14-4-2-3-5-15(14)23/h2-9H,10-11H2,1H3,(H,19,25). The summed E-state index contributed by atoms with van der Waals surface area (Å²) in [5.74, 6) is 0.401. The minimum Gasteiger partial charge on any atom is -0.497 e. The first kappa shape index (κ1) is 18.0. The molecule has 28 heavy (non-hydrogen) atoms. The van der Waals surface area contributed by atoms with Crippen LogP contribution in [0.3, 0.4) is 0 Å². The first-order valence-electron chi connectivity index (χ1n) is 8.40. The lowest BCUT2D eigenvalue weighted by Crippen LogP contribution is -2.43. The van der Waals surface area contributed by atoms with Gasteiger partial charge in [-0.25, -0.2) is 0 Å². The molecule has 0 saturated heterocycles. The normalized spacial score (nSPS) is 13.0. The van der Waals surface area contributed by atoms with Crippen molar-refractivity contribution >= 4 is 35.0 Å². The molecule has 1 aromatic heterocycles. The molecule has 3 aromatic rings. The zero-order valence-corrected chi connectivity index (χ0v) is 15.7. The highest BCUT2D eigenvalue weighted by Crippen LogP contribution is 2.30. The summed E-state index contributed by atoms with van der Waals surface area (Å²) in [7, 11) is 1.60. The number of fused-ring (bicyclic) bond motifs is 1. The Morgan fingerprint density at radius 2 is 2.00 bits per heavy atom. The van der Waals surface area contributed by atoms with E-state index in [2.05, 4.69) is 20.8 Å². The van der Waals surface area contributed by atoms with E-state index in [0.717, 1.165) is 11.4 Å². The third-order valence-corrected chi connectivity index (χ3v) is 5.06. The Kier molecular flexibility index (Phi) is 4.94. The zero-order valence-electron chi connectivity index (χ0n) is 14.9. The van der Waals surface area contributed by atoms with Gasteiger partial charge in [0.05, 0.1) is 29.9 Å². The summed E-state index contributed by atoms with van der Waals surface area (Å²) in [5, 5.41) is 14.9. The maximum Gasteiger partial charge on any atom is 0.244 e. The van der Waals surface area contributed by atoms with E-state index in [9.17, 15) is 9.59 Å². The lowest BCUT2D eigenvalue weighted by molar-refractivity contribution is -0.120. The Morgan fingerprint density at radius 1 is 1.21 bits per heavy atom. The maximum atomic E-state index is 12.8. The van der Waals surface area contributed by atoms with Crippen LogP contribution in [0.4, 0.5) is 11.4 Å². The molecule has 1 N–H and O–H groups in total. The van der Waals surface area contributed by atoms with Crippen LogP contribution in [0.5, 0.6) is 5.75 Å². The van der Waals surface area contributed by atoms with Crippen LogP contribution < -0.4 is 15.0 Å². The van der Waals surface area contributed by atoms with Crippen LogP contribution in [0.15, 0.2) is 53.7 Å². The SMILES string of the molecule is COc1ccc(-n2nnnc2SCC(=O)N2CC(=O)Nc3ccccc32)cc1. The van der Waals surface area contributed by atoms with Gasteiger partial charge < -0.3 is 15.0 Å². The van der Waals surface area contributed by atoms with Gasteiger partial charge in [0.15, 0.2) is 0 Å². The van der Waals surface area contributed by atoms with Gasteiger partial charge in [0.1, 0.15) is 12.3 Å². The molecule has 2 amide bonds. The number of ether oxygens (including phenoxy) is 1. The number of nitrogens with zero attached hydrogens (tertiary/aromatic N) is 5. The van der Waals surface area contributed by atoms with E-state index in [4.69, 9.17) is 4.74 Å². The predicted octanol–water partition coefficient (Wildman–Crippen LogP) is 1.75. The summed E-state index contributed by atoms with van der Waals surface area (Å²) in [6, 6.07) is 14.5. The number of carbonyl (C=O) groups is 2. The van der Waals surface area contributed by atoms with Crippen LogP contribution in [-0.2, 0) is 9.59 Å². The van der Waals surface area contributed by atoms with Crippen molar-refractivity contribution in [2.75, 3.05) is 29.6 Å². The van der Waals surface area contributed by atoms with Crippen LogP contribution in [0.1, 0.15) is 0 Å². The van der Waals surface area contributed by atoms with Crippen molar-refractivity contribution in [1.29, 1.82) is 0 Å². The van der Waals surface area contributed by atoms with Gasteiger partial charge in [-0.15, -0.1) is 5.10 Å². The number of aromatic nitrogens is 4. The number of benzene rings is 2. The van der Waals surface area contributed by atoms with Gasteiger partial charge in [-0.05, 0) is 46.8 Å².